The molecule has 27 heavy (non-hydrogen) atoms. The topological polar surface area (TPSA) is 73.6 Å². The smallest absolute Gasteiger partial charge is 0.185 e. The van der Waals surface area contributed by atoms with Crippen LogP contribution in [0.5, 0.6) is 11.5 Å². The quantitative estimate of drug-likeness (QED) is 0.583. The van der Waals surface area contributed by atoms with Crippen molar-refractivity contribution in [1.82, 2.24) is 19.8 Å². The first-order valence-electron chi connectivity index (χ1n) is 8.36. The Morgan fingerprint density at radius 1 is 1.00 bits per heavy atom. The summed E-state index contributed by atoms with van der Waals surface area (Å²) in [6.07, 6.45) is 0. The molecule has 0 aliphatic rings. The van der Waals surface area contributed by atoms with Crippen molar-refractivity contribution in [2.75, 3.05) is 19.5 Å². The predicted molar refractivity (Wildman–Crippen MR) is 99.9 cm³/mol. The molecule has 8 heteroatoms. The lowest BCUT2D eigenvalue weighted by Gasteiger charge is -2.13. The van der Waals surface area contributed by atoms with Gasteiger partial charge in [0, 0.05) is 17.3 Å². The highest BCUT2D eigenvalue weighted by atomic mass is 19.1. The van der Waals surface area contributed by atoms with Crippen LogP contribution >= 0.6 is 0 Å². The molecule has 7 nitrogen and oxygen atoms in total. The Morgan fingerprint density at radius 2 is 1.67 bits per heavy atom. The van der Waals surface area contributed by atoms with Crippen molar-refractivity contribution in [3.63, 3.8) is 0 Å². The minimum atomic E-state index is -0.263. The maximum atomic E-state index is 13.1. The van der Waals surface area contributed by atoms with Crippen molar-refractivity contribution < 1.29 is 13.9 Å². The van der Waals surface area contributed by atoms with Gasteiger partial charge in [0.05, 0.1) is 14.2 Å². The molecule has 0 fully saturated rings. The Kier molecular flexibility index (Phi) is 4.23. The number of aromatic nitrogens is 4. The van der Waals surface area contributed by atoms with E-state index in [4.69, 9.17) is 9.47 Å². The number of rotatable bonds is 5. The highest BCUT2D eigenvalue weighted by molar-refractivity contribution is 6.01. The molecule has 0 atom stereocenters. The van der Waals surface area contributed by atoms with E-state index in [1.54, 1.807) is 30.9 Å². The molecule has 0 amide bonds. The highest BCUT2D eigenvalue weighted by Gasteiger charge is 2.16. The van der Waals surface area contributed by atoms with Gasteiger partial charge >= 0.3 is 0 Å². The molecule has 0 unspecified atom stereocenters. The number of halogens is 1. The lowest BCUT2D eigenvalue weighted by molar-refractivity contribution is 0.356. The number of methoxy groups -OCH3 is 2. The minimum absolute atomic E-state index is 0.263. The van der Waals surface area contributed by atoms with E-state index in [0.29, 0.717) is 35.3 Å². The fourth-order valence-electron chi connectivity index (χ4n) is 2.98. The SMILES string of the molecule is COc1cc2c(NCc3ccc(F)cc3)nn3c(C)nnc3c2cc1OC. The van der Waals surface area contributed by atoms with E-state index < -0.39 is 0 Å². The number of fused-ring (bicyclic) bond motifs is 3. The predicted octanol–water partition coefficient (Wildman–Crippen LogP) is 3.35. The molecule has 0 bridgehead atoms. The summed E-state index contributed by atoms with van der Waals surface area (Å²) in [7, 11) is 3.17. The number of anilines is 1. The van der Waals surface area contributed by atoms with Gasteiger partial charge in [0.2, 0.25) is 0 Å². The van der Waals surface area contributed by atoms with Crippen molar-refractivity contribution in [3.05, 3.63) is 53.6 Å². The Bertz CT molecular complexity index is 1120. The molecule has 4 rings (SSSR count). The molecule has 138 valence electrons. The van der Waals surface area contributed by atoms with Crippen LogP contribution in [0, 0.1) is 12.7 Å². The third-order valence-corrected chi connectivity index (χ3v) is 4.39. The molecule has 0 aliphatic carbocycles. The van der Waals surface area contributed by atoms with Crippen molar-refractivity contribution in [3.8, 4) is 11.5 Å². The van der Waals surface area contributed by atoms with Crippen LogP contribution in [-0.4, -0.2) is 34.0 Å². The molecular formula is C19H18FN5O2. The van der Waals surface area contributed by atoms with Crippen LogP contribution in [0.15, 0.2) is 36.4 Å². The first-order chi connectivity index (χ1) is 13.1. The Labute approximate surface area is 154 Å². The summed E-state index contributed by atoms with van der Waals surface area (Å²) in [5, 5.41) is 18.0. The molecule has 4 aromatic rings. The van der Waals surface area contributed by atoms with Gasteiger partial charge in [-0.1, -0.05) is 12.1 Å². The average molecular weight is 367 g/mol. The van der Waals surface area contributed by atoms with Gasteiger partial charge in [-0.05, 0) is 36.8 Å². The second-order valence-corrected chi connectivity index (χ2v) is 6.06. The largest absolute Gasteiger partial charge is 0.493 e. The van der Waals surface area contributed by atoms with Gasteiger partial charge in [0.15, 0.2) is 28.8 Å². The van der Waals surface area contributed by atoms with Gasteiger partial charge in [-0.2, -0.15) is 4.52 Å². The summed E-state index contributed by atoms with van der Waals surface area (Å²) < 4.78 is 25.7. The van der Waals surface area contributed by atoms with Crippen molar-refractivity contribution in [2.24, 2.45) is 0 Å². The molecule has 2 heterocycles. The standard InChI is InChI=1S/C19H18FN5O2/c1-11-22-23-19-15-9-17(27-3)16(26-2)8-14(15)18(24-25(11)19)21-10-12-4-6-13(20)7-5-12/h4-9H,10H2,1-3H3,(H,21,24). The van der Waals surface area contributed by atoms with Gasteiger partial charge in [0.25, 0.3) is 0 Å². The van der Waals surface area contributed by atoms with Crippen molar-refractivity contribution >= 4 is 22.2 Å². The second-order valence-electron chi connectivity index (χ2n) is 6.06. The molecule has 0 saturated carbocycles. The van der Waals surface area contributed by atoms with Crippen LogP contribution in [0.3, 0.4) is 0 Å². The fraction of sp³-hybridized carbons (Fsp3) is 0.211. The number of hydrogen-bond donors (Lipinski definition) is 1. The van der Waals surface area contributed by atoms with E-state index in [9.17, 15) is 4.39 Å². The van der Waals surface area contributed by atoms with Crippen LogP contribution < -0.4 is 14.8 Å². The zero-order valence-electron chi connectivity index (χ0n) is 15.2. The molecule has 0 radical (unpaired) electrons. The summed E-state index contributed by atoms with van der Waals surface area (Å²) in [5.41, 5.74) is 1.57. The third kappa shape index (κ3) is 2.99. The van der Waals surface area contributed by atoms with E-state index in [1.807, 2.05) is 19.1 Å². The molecule has 2 aromatic carbocycles. The van der Waals surface area contributed by atoms with Gasteiger partial charge in [-0.3, -0.25) is 0 Å². The molecule has 0 saturated heterocycles. The van der Waals surface area contributed by atoms with Crippen LogP contribution in [0.2, 0.25) is 0 Å². The highest BCUT2D eigenvalue weighted by Crippen LogP contribution is 2.36. The Morgan fingerprint density at radius 3 is 2.33 bits per heavy atom. The van der Waals surface area contributed by atoms with Gasteiger partial charge in [-0.15, -0.1) is 15.3 Å². The van der Waals surface area contributed by atoms with Gasteiger partial charge < -0.3 is 14.8 Å². The van der Waals surface area contributed by atoms with Crippen molar-refractivity contribution in [2.45, 2.75) is 13.5 Å². The lowest BCUT2D eigenvalue weighted by Crippen LogP contribution is -2.07. The van der Waals surface area contributed by atoms with Crippen LogP contribution in [0.4, 0.5) is 10.2 Å². The number of aryl methyl sites for hydroxylation is 1. The molecular weight excluding hydrogens is 349 g/mol. The normalized spacial score (nSPS) is 11.1. The first kappa shape index (κ1) is 17.0. The summed E-state index contributed by atoms with van der Waals surface area (Å²) >= 11 is 0. The van der Waals surface area contributed by atoms with Crippen LogP contribution in [-0.2, 0) is 6.54 Å². The monoisotopic (exact) mass is 367 g/mol. The zero-order chi connectivity index (χ0) is 19.0. The van der Waals surface area contributed by atoms with Crippen molar-refractivity contribution in [1.29, 1.82) is 0 Å². The number of nitrogens with zero attached hydrogens (tertiary/aromatic N) is 4. The van der Waals surface area contributed by atoms with E-state index in [0.717, 1.165) is 16.3 Å². The number of ether oxygens (including phenoxy) is 2. The Balaban J connectivity index is 1.85. The number of nitrogens with one attached hydrogen (secondary N) is 1. The van der Waals surface area contributed by atoms with E-state index in [-0.39, 0.29) is 5.82 Å². The second kappa shape index (κ2) is 6.71. The van der Waals surface area contributed by atoms with E-state index in [2.05, 4.69) is 20.6 Å². The van der Waals surface area contributed by atoms with Gasteiger partial charge in [0.1, 0.15) is 5.82 Å². The fourth-order valence-corrected chi connectivity index (χ4v) is 2.98. The summed E-state index contributed by atoms with van der Waals surface area (Å²) in [5.74, 6) is 2.25. The number of hydrogen-bond acceptors (Lipinski definition) is 6. The Hall–Kier alpha value is -3.42. The summed E-state index contributed by atoms with van der Waals surface area (Å²) in [6, 6.07) is 10.1. The lowest BCUT2D eigenvalue weighted by atomic mass is 10.1. The first-order valence-corrected chi connectivity index (χ1v) is 8.36. The van der Waals surface area contributed by atoms with Gasteiger partial charge in [-0.25, -0.2) is 4.39 Å². The maximum Gasteiger partial charge on any atom is 0.185 e. The third-order valence-electron chi connectivity index (χ3n) is 4.39. The van der Waals surface area contributed by atoms with Crippen LogP contribution in [0.25, 0.3) is 16.4 Å². The molecule has 0 spiro atoms. The summed E-state index contributed by atoms with van der Waals surface area (Å²) in [6.45, 7) is 2.33. The summed E-state index contributed by atoms with van der Waals surface area (Å²) in [4.78, 5) is 0. The molecule has 2 aromatic heterocycles. The maximum absolute atomic E-state index is 13.1. The molecule has 1 N–H and O–H groups in total. The minimum Gasteiger partial charge on any atom is -0.493 e. The van der Waals surface area contributed by atoms with E-state index in [1.165, 1.54) is 12.1 Å². The van der Waals surface area contributed by atoms with E-state index >= 15 is 0 Å². The average Bonchev–Trinajstić information content (AvgIpc) is 3.07. The molecule has 0 aliphatic heterocycles. The van der Waals surface area contributed by atoms with Crippen LogP contribution in [0.1, 0.15) is 11.4 Å². The number of benzene rings is 2. The zero-order valence-corrected chi connectivity index (χ0v) is 15.2.